The summed E-state index contributed by atoms with van der Waals surface area (Å²) in [5.74, 6) is 0.562. The molecule has 1 unspecified atom stereocenters. The van der Waals surface area contributed by atoms with Crippen LogP contribution in [-0.4, -0.2) is 44.4 Å². The van der Waals surface area contributed by atoms with E-state index in [-0.39, 0.29) is 12.3 Å². The molecule has 0 fully saturated rings. The van der Waals surface area contributed by atoms with E-state index in [4.69, 9.17) is 19.0 Å². The van der Waals surface area contributed by atoms with Crippen molar-refractivity contribution in [2.45, 2.75) is 45.1 Å². The van der Waals surface area contributed by atoms with Gasteiger partial charge in [0.15, 0.2) is 11.5 Å². The molecule has 0 bridgehead atoms. The van der Waals surface area contributed by atoms with Crippen LogP contribution in [0.5, 0.6) is 11.5 Å². The van der Waals surface area contributed by atoms with Gasteiger partial charge in [-0.2, -0.15) is 0 Å². The molecular formula is C21H27NO6. The molecule has 1 heterocycles. The summed E-state index contributed by atoms with van der Waals surface area (Å²) >= 11 is 0. The molecule has 1 atom stereocenters. The van der Waals surface area contributed by atoms with E-state index in [1.54, 1.807) is 19.2 Å². The number of carbonyl (C=O) groups excluding carboxylic acids is 2. The number of hydroxylamine groups is 2. The van der Waals surface area contributed by atoms with Crippen LogP contribution in [0.15, 0.2) is 29.3 Å². The van der Waals surface area contributed by atoms with Crippen LogP contribution in [0, 0.1) is 0 Å². The zero-order chi connectivity index (χ0) is 20.1. The molecule has 7 heteroatoms. The van der Waals surface area contributed by atoms with E-state index in [1.165, 1.54) is 12.2 Å². The topological polar surface area (TPSA) is 74.3 Å². The zero-order valence-electron chi connectivity index (χ0n) is 16.7. The number of hydrogen-bond donors (Lipinski definition) is 0. The number of benzene rings is 1. The molecule has 0 saturated heterocycles. The van der Waals surface area contributed by atoms with Crippen molar-refractivity contribution in [3.8, 4) is 11.5 Å². The van der Waals surface area contributed by atoms with Crippen LogP contribution in [0.3, 0.4) is 0 Å². The van der Waals surface area contributed by atoms with Crippen LogP contribution in [0.25, 0.3) is 0 Å². The molecule has 0 N–H and O–H groups in total. The molecule has 1 aromatic carbocycles. The molecule has 28 heavy (non-hydrogen) atoms. The van der Waals surface area contributed by atoms with Crippen molar-refractivity contribution in [2.75, 3.05) is 27.4 Å². The van der Waals surface area contributed by atoms with Gasteiger partial charge in [-0.3, -0.25) is 14.4 Å². The summed E-state index contributed by atoms with van der Waals surface area (Å²) in [5.41, 5.74) is 2.63. The highest BCUT2D eigenvalue weighted by Crippen LogP contribution is 2.38. The lowest BCUT2D eigenvalue weighted by molar-refractivity contribution is -0.201. The number of nitrogens with zero attached hydrogens (tertiary/aromatic N) is 1. The van der Waals surface area contributed by atoms with Crippen molar-refractivity contribution >= 4 is 11.9 Å². The Labute approximate surface area is 165 Å². The predicted molar refractivity (Wildman–Crippen MR) is 102 cm³/mol. The molecule has 1 aromatic rings. The van der Waals surface area contributed by atoms with E-state index in [9.17, 15) is 9.59 Å². The van der Waals surface area contributed by atoms with Crippen molar-refractivity contribution in [1.29, 1.82) is 0 Å². The second kappa shape index (κ2) is 9.10. The highest BCUT2D eigenvalue weighted by Gasteiger charge is 2.36. The number of hydrogen-bond acceptors (Lipinski definition) is 6. The first-order chi connectivity index (χ1) is 13.6. The van der Waals surface area contributed by atoms with Gasteiger partial charge in [-0.05, 0) is 55.9 Å². The summed E-state index contributed by atoms with van der Waals surface area (Å²) in [7, 11) is 2.90. The standard InChI is InChI=1S/C21H27NO6/c1-4-27-19-11-14(9-10-18(19)25-2)17(12-20(23)26-3)22-21(24)16-8-6-5-7-15(16)13-28-22/h9-11,17H,4-8,12-13H2,1-3H3. The molecular weight excluding hydrogens is 362 g/mol. The lowest BCUT2D eigenvalue weighted by Crippen LogP contribution is -2.42. The molecule has 1 amide bonds. The average molecular weight is 389 g/mol. The largest absolute Gasteiger partial charge is 0.493 e. The van der Waals surface area contributed by atoms with Gasteiger partial charge < -0.3 is 14.2 Å². The van der Waals surface area contributed by atoms with Gasteiger partial charge in [-0.25, -0.2) is 5.06 Å². The first-order valence-corrected chi connectivity index (χ1v) is 9.64. The van der Waals surface area contributed by atoms with Gasteiger partial charge in [0.25, 0.3) is 5.91 Å². The Balaban J connectivity index is 1.96. The summed E-state index contributed by atoms with van der Waals surface area (Å²) in [6, 6.07) is 4.76. The Hall–Kier alpha value is -2.54. The fourth-order valence-electron chi connectivity index (χ4n) is 3.70. The van der Waals surface area contributed by atoms with Crippen LogP contribution in [0.2, 0.25) is 0 Å². The van der Waals surface area contributed by atoms with Gasteiger partial charge >= 0.3 is 5.97 Å². The Morgan fingerprint density at radius 3 is 2.71 bits per heavy atom. The summed E-state index contributed by atoms with van der Waals surface area (Å²) < 4.78 is 15.8. The fraction of sp³-hybridized carbons (Fsp3) is 0.524. The molecule has 1 aliphatic carbocycles. The predicted octanol–water partition coefficient (Wildman–Crippen LogP) is 3.34. The first kappa shape index (κ1) is 20.2. The maximum absolute atomic E-state index is 13.1. The van der Waals surface area contributed by atoms with E-state index in [2.05, 4.69) is 0 Å². The number of esters is 1. The second-order valence-electron chi connectivity index (χ2n) is 6.83. The molecule has 0 radical (unpaired) electrons. The van der Waals surface area contributed by atoms with Crippen LogP contribution >= 0.6 is 0 Å². The van der Waals surface area contributed by atoms with Gasteiger partial charge in [-0.1, -0.05) is 6.07 Å². The maximum atomic E-state index is 13.1. The van der Waals surface area contributed by atoms with Gasteiger partial charge in [-0.15, -0.1) is 0 Å². The molecule has 3 rings (SSSR count). The van der Waals surface area contributed by atoms with E-state index in [0.717, 1.165) is 42.4 Å². The number of amides is 1. The summed E-state index contributed by atoms with van der Waals surface area (Å²) in [4.78, 5) is 31.0. The van der Waals surface area contributed by atoms with E-state index < -0.39 is 12.0 Å². The number of rotatable bonds is 7. The zero-order valence-corrected chi connectivity index (χ0v) is 16.7. The number of ether oxygens (including phenoxy) is 3. The smallest absolute Gasteiger partial charge is 0.308 e. The maximum Gasteiger partial charge on any atom is 0.308 e. The number of methoxy groups -OCH3 is 2. The summed E-state index contributed by atoms with van der Waals surface area (Å²) in [5, 5.41) is 1.33. The van der Waals surface area contributed by atoms with Crippen LogP contribution in [0.1, 0.15) is 50.6 Å². The molecule has 0 aromatic heterocycles. The normalized spacial score (nSPS) is 17.8. The first-order valence-electron chi connectivity index (χ1n) is 9.64. The van der Waals surface area contributed by atoms with Crippen LogP contribution in [-0.2, 0) is 19.2 Å². The molecule has 2 aliphatic rings. The van der Waals surface area contributed by atoms with Gasteiger partial charge in [0.05, 0.1) is 39.9 Å². The van der Waals surface area contributed by atoms with Crippen molar-refractivity contribution in [1.82, 2.24) is 5.06 Å². The third-order valence-corrected chi connectivity index (χ3v) is 5.16. The molecule has 1 aliphatic heterocycles. The monoisotopic (exact) mass is 389 g/mol. The van der Waals surface area contributed by atoms with Crippen molar-refractivity contribution in [2.24, 2.45) is 0 Å². The highest BCUT2D eigenvalue weighted by atomic mass is 16.7. The van der Waals surface area contributed by atoms with Crippen LogP contribution < -0.4 is 9.47 Å². The quantitative estimate of drug-likeness (QED) is 0.666. The fourth-order valence-corrected chi connectivity index (χ4v) is 3.70. The highest BCUT2D eigenvalue weighted by molar-refractivity contribution is 5.95. The Bertz CT molecular complexity index is 772. The summed E-state index contributed by atoms with van der Waals surface area (Å²) in [6.07, 6.45) is 3.72. The van der Waals surface area contributed by atoms with Crippen LogP contribution in [0.4, 0.5) is 0 Å². The second-order valence-corrected chi connectivity index (χ2v) is 6.83. The Morgan fingerprint density at radius 2 is 2.00 bits per heavy atom. The molecule has 0 spiro atoms. The Kier molecular flexibility index (Phi) is 6.57. The van der Waals surface area contributed by atoms with Gasteiger partial charge in [0.2, 0.25) is 0 Å². The minimum Gasteiger partial charge on any atom is -0.493 e. The van der Waals surface area contributed by atoms with Crippen molar-refractivity contribution < 1.29 is 28.6 Å². The molecule has 7 nitrogen and oxygen atoms in total. The minimum absolute atomic E-state index is 0.0112. The van der Waals surface area contributed by atoms with Gasteiger partial charge in [0.1, 0.15) is 0 Å². The molecule has 0 saturated carbocycles. The number of carbonyl (C=O) groups is 2. The minimum atomic E-state index is -0.610. The molecule has 152 valence electrons. The lowest BCUT2D eigenvalue weighted by Gasteiger charge is -2.36. The van der Waals surface area contributed by atoms with Gasteiger partial charge in [0, 0.05) is 5.57 Å². The Morgan fingerprint density at radius 1 is 1.21 bits per heavy atom. The lowest BCUT2D eigenvalue weighted by atomic mass is 9.90. The third kappa shape index (κ3) is 4.14. The summed E-state index contributed by atoms with van der Waals surface area (Å²) in [6.45, 7) is 2.73. The SMILES string of the molecule is CCOc1cc(C(CC(=O)OC)N2OCC3=C(CCCC3)C2=O)ccc1OC. The third-order valence-electron chi connectivity index (χ3n) is 5.16. The average Bonchev–Trinajstić information content (AvgIpc) is 2.73. The van der Waals surface area contributed by atoms with E-state index >= 15 is 0 Å². The van der Waals surface area contributed by atoms with E-state index in [1.807, 2.05) is 13.0 Å². The van der Waals surface area contributed by atoms with Crippen molar-refractivity contribution in [3.63, 3.8) is 0 Å². The van der Waals surface area contributed by atoms with E-state index in [0.29, 0.717) is 24.7 Å². The van der Waals surface area contributed by atoms with Crippen molar-refractivity contribution in [3.05, 3.63) is 34.9 Å².